The lowest BCUT2D eigenvalue weighted by Crippen LogP contribution is -2.22. The van der Waals surface area contributed by atoms with Crippen molar-refractivity contribution < 1.29 is 9.90 Å². The van der Waals surface area contributed by atoms with Gasteiger partial charge in [0.15, 0.2) is 0 Å². The second-order valence-electron chi connectivity index (χ2n) is 7.85. The van der Waals surface area contributed by atoms with Crippen molar-refractivity contribution in [3.05, 3.63) is 0 Å². The van der Waals surface area contributed by atoms with Crippen molar-refractivity contribution in [2.45, 2.75) is 118 Å². The molecular weight excluding hydrogens is 296 g/mol. The smallest absolute Gasteiger partial charge is 0.306 e. The molecule has 0 aromatic heterocycles. The third-order valence-corrected chi connectivity index (χ3v) is 5.55. The maximum Gasteiger partial charge on any atom is 0.306 e. The van der Waals surface area contributed by atoms with Crippen molar-refractivity contribution in [1.29, 1.82) is 0 Å². The summed E-state index contributed by atoms with van der Waals surface area (Å²) in [6.07, 6.45) is 16.8. The minimum atomic E-state index is -0.567. The first-order valence-electron chi connectivity index (χ1n) is 10.8. The van der Waals surface area contributed by atoms with Gasteiger partial charge in [-0.25, -0.2) is 0 Å². The normalized spacial score (nSPS) is 15.2. The van der Waals surface area contributed by atoms with Gasteiger partial charge >= 0.3 is 5.97 Å². The highest BCUT2D eigenvalue weighted by atomic mass is 16.4. The van der Waals surface area contributed by atoms with Gasteiger partial charge in [-0.15, -0.1) is 0 Å². The van der Waals surface area contributed by atoms with Crippen LogP contribution in [0.3, 0.4) is 0 Å². The van der Waals surface area contributed by atoms with E-state index in [0.29, 0.717) is 11.8 Å². The number of hydrogen-bond acceptors (Lipinski definition) is 1. The van der Waals surface area contributed by atoms with Gasteiger partial charge < -0.3 is 5.11 Å². The summed E-state index contributed by atoms with van der Waals surface area (Å²) in [6, 6.07) is 0. The predicted octanol–water partition coefficient (Wildman–Crippen LogP) is 7.46. The molecule has 0 heterocycles. The Morgan fingerprint density at radius 2 is 1.29 bits per heavy atom. The van der Waals surface area contributed by atoms with E-state index in [1.54, 1.807) is 0 Å². The van der Waals surface area contributed by atoms with E-state index in [1.807, 2.05) is 0 Å². The summed E-state index contributed by atoms with van der Waals surface area (Å²) >= 11 is 0. The van der Waals surface area contributed by atoms with Crippen LogP contribution < -0.4 is 0 Å². The van der Waals surface area contributed by atoms with E-state index in [4.69, 9.17) is 0 Å². The van der Waals surface area contributed by atoms with Gasteiger partial charge in [-0.05, 0) is 24.7 Å². The molecule has 0 radical (unpaired) electrons. The van der Waals surface area contributed by atoms with Crippen molar-refractivity contribution in [3.63, 3.8) is 0 Å². The average Bonchev–Trinajstić information content (AvgIpc) is 2.55. The van der Waals surface area contributed by atoms with E-state index >= 15 is 0 Å². The molecule has 144 valence electrons. The molecule has 0 saturated carbocycles. The van der Waals surface area contributed by atoms with E-state index in [2.05, 4.69) is 27.7 Å². The number of unbranched alkanes of at least 4 members (excludes halogenated alkanes) is 7. The summed E-state index contributed by atoms with van der Waals surface area (Å²) < 4.78 is 0. The second-order valence-corrected chi connectivity index (χ2v) is 7.85. The van der Waals surface area contributed by atoms with Gasteiger partial charge in [-0.3, -0.25) is 4.79 Å². The molecule has 3 unspecified atom stereocenters. The number of hydrogen-bond donors (Lipinski definition) is 1. The lowest BCUT2D eigenvalue weighted by molar-refractivity contribution is -0.142. The van der Waals surface area contributed by atoms with Gasteiger partial charge in [0.05, 0.1) is 5.92 Å². The van der Waals surface area contributed by atoms with Crippen LogP contribution in [0.1, 0.15) is 118 Å². The zero-order chi connectivity index (χ0) is 18.2. The summed E-state index contributed by atoms with van der Waals surface area (Å²) in [5.41, 5.74) is 0. The van der Waals surface area contributed by atoms with Crippen molar-refractivity contribution in [1.82, 2.24) is 0 Å². The predicted molar refractivity (Wildman–Crippen MR) is 105 cm³/mol. The molecule has 0 aromatic carbocycles. The van der Waals surface area contributed by atoms with E-state index in [0.717, 1.165) is 19.3 Å². The van der Waals surface area contributed by atoms with Crippen molar-refractivity contribution in [2.75, 3.05) is 0 Å². The van der Waals surface area contributed by atoms with Gasteiger partial charge in [-0.2, -0.15) is 0 Å². The number of aliphatic carboxylic acids is 1. The molecule has 0 bridgehead atoms. The van der Waals surface area contributed by atoms with Crippen molar-refractivity contribution >= 4 is 5.97 Å². The Bertz CT molecular complexity index is 288. The summed E-state index contributed by atoms with van der Waals surface area (Å²) in [5.74, 6) is 0.559. The number of carbonyl (C=O) groups is 1. The van der Waals surface area contributed by atoms with E-state index in [-0.39, 0.29) is 5.92 Å². The maximum absolute atomic E-state index is 11.7. The molecule has 0 aliphatic rings. The molecule has 0 amide bonds. The van der Waals surface area contributed by atoms with Crippen LogP contribution in [0.15, 0.2) is 0 Å². The molecule has 0 rings (SSSR count). The molecule has 2 nitrogen and oxygen atoms in total. The van der Waals surface area contributed by atoms with Crippen LogP contribution in [0.25, 0.3) is 0 Å². The summed E-state index contributed by atoms with van der Waals surface area (Å²) in [6.45, 7) is 9.02. The zero-order valence-corrected chi connectivity index (χ0v) is 17.0. The topological polar surface area (TPSA) is 37.3 Å². The standard InChI is InChI=1S/C22H44O2/c1-5-8-9-10-11-12-13-14-17-21(22(23)24)18-20(16-7-3)19(4)15-6-2/h19-21H,5-18H2,1-4H3,(H,23,24). The SMILES string of the molecule is CCCCCCCCCCC(CC(CCC)C(C)CCC)C(=O)O. The minimum absolute atomic E-state index is 0.124. The zero-order valence-electron chi connectivity index (χ0n) is 17.0. The maximum atomic E-state index is 11.7. The molecule has 0 saturated heterocycles. The van der Waals surface area contributed by atoms with Gasteiger partial charge in [-0.1, -0.05) is 105 Å². The Hall–Kier alpha value is -0.530. The third-order valence-electron chi connectivity index (χ3n) is 5.55. The van der Waals surface area contributed by atoms with Crippen LogP contribution in [0.4, 0.5) is 0 Å². The first kappa shape index (κ1) is 23.5. The lowest BCUT2D eigenvalue weighted by Gasteiger charge is -2.26. The molecule has 24 heavy (non-hydrogen) atoms. The Balaban J connectivity index is 4.11. The van der Waals surface area contributed by atoms with Crippen LogP contribution in [0, 0.1) is 17.8 Å². The van der Waals surface area contributed by atoms with Gasteiger partial charge in [0, 0.05) is 0 Å². The number of carboxylic acids is 1. The monoisotopic (exact) mass is 340 g/mol. The van der Waals surface area contributed by atoms with Gasteiger partial charge in [0.1, 0.15) is 0 Å². The van der Waals surface area contributed by atoms with Crippen LogP contribution in [-0.2, 0) is 4.79 Å². The Labute approximate surface area is 151 Å². The minimum Gasteiger partial charge on any atom is -0.481 e. The molecule has 2 heteroatoms. The quantitative estimate of drug-likeness (QED) is 0.279. The van der Waals surface area contributed by atoms with Gasteiger partial charge in [0.25, 0.3) is 0 Å². The van der Waals surface area contributed by atoms with Crippen LogP contribution in [-0.4, -0.2) is 11.1 Å². The van der Waals surface area contributed by atoms with E-state index < -0.39 is 5.97 Å². The van der Waals surface area contributed by atoms with E-state index in [1.165, 1.54) is 70.6 Å². The largest absolute Gasteiger partial charge is 0.481 e. The molecule has 3 atom stereocenters. The van der Waals surface area contributed by atoms with Crippen molar-refractivity contribution in [3.8, 4) is 0 Å². The number of rotatable bonds is 17. The molecule has 0 aliphatic heterocycles. The first-order valence-corrected chi connectivity index (χ1v) is 10.8. The fourth-order valence-electron chi connectivity index (χ4n) is 3.93. The fraction of sp³-hybridized carbons (Fsp3) is 0.955. The Morgan fingerprint density at radius 1 is 0.750 bits per heavy atom. The second kappa shape index (κ2) is 16.0. The van der Waals surface area contributed by atoms with E-state index in [9.17, 15) is 9.90 Å². The Morgan fingerprint density at radius 3 is 1.79 bits per heavy atom. The highest BCUT2D eigenvalue weighted by molar-refractivity contribution is 5.69. The van der Waals surface area contributed by atoms with Gasteiger partial charge in [0.2, 0.25) is 0 Å². The summed E-state index contributed by atoms with van der Waals surface area (Å²) in [4.78, 5) is 11.7. The third kappa shape index (κ3) is 11.9. The fourth-order valence-corrected chi connectivity index (χ4v) is 3.93. The Kier molecular flexibility index (Phi) is 15.6. The van der Waals surface area contributed by atoms with Crippen LogP contribution >= 0.6 is 0 Å². The lowest BCUT2D eigenvalue weighted by atomic mass is 9.79. The summed E-state index contributed by atoms with van der Waals surface area (Å²) in [5, 5.41) is 9.60. The number of carboxylic acid groups (broad SMARTS) is 1. The molecular formula is C22H44O2. The van der Waals surface area contributed by atoms with Crippen LogP contribution in [0.5, 0.6) is 0 Å². The molecule has 0 fully saturated rings. The van der Waals surface area contributed by atoms with Crippen LogP contribution in [0.2, 0.25) is 0 Å². The van der Waals surface area contributed by atoms with Crippen molar-refractivity contribution in [2.24, 2.45) is 17.8 Å². The molecule has 0 aromatic rings. The molecule has 1 N–H and O–H groups in total. The highest BCUT2D eigenvalue weighted by Crippen LogP contribution is 2.30. The molecule has 0 aliphatic carbocycles. The highest BCUT2D eigenvalue weighted by Gasteiger charge is 2.25. The molecule has 0 spiro atoms. The average molecular weight is 341 g/mol. The first-order chi connectivity index (χ1) is 11.6. The summed E-state index contributed by atoms with van der Waals surface area (Å²) in [7, 11) is 0.